The number of benzene rings is 1. The zero-order chi connectivity index (χ0) is 34.5. The lowest BCUT2D eigenvalue weighted by molar-refractivity contribution is -0.299. The number of anilines is 2. The number of ether oxygens (including phenoxy) is 3. The Kier molecular flexibility index (Phi) is 10.8. The molecule has 1 unspecified atom stereocenters. The van der Waals surface area contributed by atoms with Crippen LogP contribution in [0.1, 0.15) is 57.1 Å². The fourth-order valence-corrected chi connectivity index (χ4v) is 4.75. The first kappa shape index (κ1) is 35.7. The van der Waals surface area contributed by atoms with Crippen molar-refractivity contribution in [2.75, 3.05) is 37.0 Å². The predicted octanol–water partition coefficient (Wildman–Crippen LogP) is 7.66. The van der Waals surface area contributed by atoms with Gasteiger partial charge in [-0.15, -0.1) is 10.2 Å². The number of nitrogens with zero attached hydrogens (tertiary/aromatic N) is 4. The molecule has 3 aromatic rings. The number of rotatable bonds is 7. The Morgan fingerprint density at radius 2 is 1.74 bits per heavy atom. The zero-order valence-electron chi connectivity index (χ0n) is 26.2. The van der Waals surface area contributed by atoms with Crippen LogP contribution in [-0.2, 0) is 32.6 Å². The number of methoxy groups -OCH3 is 1. The number of amides is 1. The van der Waals surface area contributed by atoms with Crippen LogP contribution < -0.4 is 10.2 Å². The third-order valence-electron chi connectivity index (χ3n) is 6.96. The van der Waals surface area contributed by atoms with Crippen molar-refractivity contribution in [1.29, 1.82) is 0 Å². The largest absolute Gasteiger partial charge is 0.444 e. The maximum absolute atomic E-state index is 15.0. The second-order valence-corrected chi connectivity index (χ2v) is 11.7. The molecule has 0 aliphatic carbocycles. The van der Waals surface area contributed by atoms with Crippen LogP contribution in [0.2, 0.25) is 0 Å². The fraction of sp³-hybridized carbons (Fsp3) is 0.484. The summed E-state index contributed by atoms with van der Waals surface area (Å²) < 4.78 is 110. The number of carbonyl (C=O) groups excluding carboxylic acids is 1. The third kappa shape index (κ3) is 8.80. The van der Waals surface area contributed by atoms with Crippen molar-refractivity contribution < 1.29 is 49.8 Å². The first-order chi connectivity index (χ1) is 22.0. The van der Waals surface area contributed by atoms with Gasteiger partial charge >= 0.3 is 18.4 Å². The number of fused-ring (bicyclic) bond motifs is 5. The number of hydrogen-bond acceptors (Lipinski definition) is 9. The second-order valence-electron chi connectivity index (χ2n) is 11.7. The van der Waals surface area contributed by atoms with Gasteiger partial charge < -0.3 is 23.5 Å². The Hall–Kier alpha value is -4.18. The molecule has 1 N–H and O–H groups in total. The van der Waals surface area contributed by atoms with Crippen LogP contribution in [0.4, 0.5) is 42.6 Å². The molecule has 0 spiro atoms. The molecule has 1 aliphatic rings. The van der Waals surface area contributed by atoms with E-state index < -0.39 is 77.2 Å². The van der Waals surface area contributed by atoms with E-state index in [0.29, 0.717) is 11.6 Å². The molecule has 4 rings (SSSR count). The number of nitrogens with one attached hydrogen (secondary N) is 1. The second kappa shape index (κ2) is 14.3. The van der Waals surface area contributed by atoms with Crippen molar-refractivity contribution in [3.8, 4) is 11.6 Å². The van der Waals surface area contributed by atoms with Gasteiger partial charge in [-0.05, 0) is 51.7 Å². The maximum atomic E-state index is 15.0. The van der Waals surface area contributed by atoms with Crippen molar-refractivity contribution in [3.63, 3.8) is 0 Å². The lowest BCUT2D eigenvalue weighted by Crippen LogP contribution is -2.45. The van der Waals surface area contributed by atoms with E-state index in [9.17, 15) is 18.0 Å². The highest BCUT2D eigenvalue weighted by Gasteiger charge is 2.61. The molecule has 1 amide bonds. The normalized spacial score (nSPS) is 18.4. The molecule has 1 aromatic carbocycles. The van der Waals surface area contributed by atoms with Crippen LogP contribution in [0.3, 0.4) is 0 Å². The minimum atomic E-state index is -5.07. The van der Waals surface area contributed by atoms with Gasteiger partial charge in [0.1, 0.15) is 17.0 Å². The first-order valence-electron chi connectivity index (χ1n) is 14.6. The highest BCUT2D eigenvalue weighted by molar-refractivity contribution is 5.90. The summed E-state index contributed by atoms with van der Waals surface area (Å²) in [6.07, 6.45) is -8.75. The van der Waals surface area contributed by atoms with Crippen LogP contribution in [0.25, 0.3) is 11.6 Å². The molecular formula is C31H35F6N5O5. The standard InChI is InChI=1S/C31H35F6N5O5/c1-28(2,3)47-27(43)38-22-18-21(30(32,33)34)24-39-23(22)25-40-41-26(46-25)29(31(35,36)37,45-19-20-12-8-7-9-13-20)14-10-5-6-11-15-42(24)16-17-44-4/h5-9,12-13,18H,10-11,14-17,19H2,1-4H3,(H,38,43)/b6-5-. The van der Waals surface area contributed by atoms with Crippen LogP contribution in [-0.4, -0.2) is 59.9 Å². The van der Waals surface area contributed by atoms with Gasteiger partial charge in [0.25, 0.3) is 11.8 Å². The van der Waals surface area contributed by atoms with Gasteiger partial charge in [0.15, 0.2) is 5.69 Å². The number of alkyl halides is 6. The Morgan fingerprint density at radius 3 is 2.38 bits per heavy atom. The molecule has 2 aromatic heterocycles. The summed E-state index contributed by atoms with van der Waals surface area (Å²) in [5, 5.41) is 9.68. The van der Waals surface area contributed by atoms with Crippen molar-refractivity contribution in [2.45, 2.75) is 70.2 Å². The minimum absolute atomic E-state index is 0.00176. The van der Waals surface area contributed by atoms with E-state index in [-0.39, 0.29) is 32.5 Å². The lowest BCUT2D eigenvalue weighted by atomic mass is 9.95. The summed E-state index contributed by atoms with van der Waals surface area (Å²) in [7, 11) is 1.38. The summed E-state index contributed by atoms with van der Waals surface area (Å²) >= 11 is 0. The van der Waals surface area contributed by atoms with E-state index in [4.69, 9.17) is 18.6 Å². The van der Waals surface area contributed by atoms with Gasteiger partial charge in [0.05, 0.1) is 18.9 Å². The molecule has 0 saturated carbocycles. The minimum Gasteiger partial charge on any atom is -0.444 e. The Balaban J connectivity index is 1.94. The molecule has 16 heteroatoms. The van der Waals surface area contributed by atoms with Gasteiger partial charge in [0.2, 0.25) is 5.60 Å². The number of hydrogen-bond donors (Lipinski definition) is 1. The molecule has 0 saturated heterocycles. The van der Waals surface area contributed by atoms with Crippen LogP contribution in [0.15, 0.2) is 53.0 Å². The number of allylic oxidation sites excluding steroid dienone is 1. The number of aromatic nitrogens is 3. The highest BCUT2D eigenvalue weighted by atomic mass is 19.4. The summed E-state index contributed by atoms with van der Waals surface area (Å²) in [6.45, 7) is 4.17. The van der Waals surface area contributed by atoms with Gasteiger partial charge in [0, 0.05) is 20.2 Å². The fourth-order valence-electron chi connectivity index (χ4n) is 4.75. The quantitative estimate of drug-likeness (QED) is 0.200. The molecular weight excluding hydrogens is 636 g/mol. The Bertz CT molecular complexity index is 1540. The van der Waals surface area contributed by atoms with E-state index in [1.165, 1.54) is 18.1 Å². The van der Waals surface area contributed by atoms with E-state index in [1.807, 2.05) is 0 Å². The number of halogens is 6. The van der Waals surface area contributed by atoms with Crippen molar-refractivity contribution in [2.24, 2.45) is 0 Å². The third-order valence-corrected chi connectivity index (χ3v) is 6.96. The first-order valence-corrected chi connectivity index (χ1v) is 14.6. The lowest BCUT2D eigenvalue weighted by Gasteiger charge is -2.32. The molecule has 0 fully saturated rings. The van der Waals surface area contributed by atoms with Gasteiger partial charge in [-0.2, -0.15) is 26.3 Å². The predicted molar refractivity (Wildman–Crippen MR) is 158 cm³/mol. The summed E-state index contributed by atoms with van der Waals surface area (Å²) in [6, 6.07) is 8.76. The van der Waals surface area contributed by atoms with Crippen molar-refractivity contribution in [3.05, 3.63) is 65.6 Å². The SMILES string of the molecule is COCCN1CC/C=C\CCC(OCc2ccccc2)(C(F)(F)F)c2nnc(o2)-c2nc1c(C(F)(F)F)cc2NC(=O)OC(C)(C)C. The van der Waals surface area contributed by atoms with Gasteiger partial charge in [-0.1, -0.05) is 42.5 Å². The van der Waals surface area contributed by atoms with Gasteiger partial charge in [-0.3, -0.25) is 5.32 Å². The number of carbonyl (C=O) groups is 1. The van der Waals surface area contributed by atoms with Crippen LogP contribution in [0, 0.1) is 0 Å². The molecule has 256 valence electrons. The molecule has 4 bridgehead atoms. The topological polar surface area (TPSA) is 112 Å². The van der Waals surface area contributed by atoms with Crippen molar-refractivity contribution in [1.82, 2.24) is 15.2 Å². The number of pyridine rings is 1. The highest BCUT2D eigenvalue weighted by Crippen LogP contribution is 2.47. The summed E-state index contributed by atoms with van der Waals surface area (Å²) in [4.78, 5) is 18.3. The summed E-state index contributed by atoms with van der Waals surface area (Å²) in [5.41, 5.74) is -6.00. The molecule has 1 aliphatic heterocycles. The van der Waals surface area contributed by atoms with Crippen molar-refractivity contribution >= 4 is 17.6 Å². The van der Waals surface area contributed by atoms with Crippen LogP contribution in [0.5, 0.6) is 0 Å². The molecule has 10 nitrogen and oxygen atoms in total. The molecule has 0 radical (unpaired) electrons. The van der Waals surface area contributed by atoms with E-state index in [0.717, 1.165) is 0 Å². The zero-order valence-corrected chi connectivity index (χ0v) is 26.2. The molecule has 3 heterocycles. The van der Waals surface area contributed by atoms with E-state index in [2.05, 4.69) is 20.5 Å². The average Bonchev–Trinajstić information content (AvgIpc) is 3.46. The average molecular weight is 672 g/mol. The van der Waals surface area contributed by atoms with Crippen LogP contribution >= 0.6 is 0 Å². The monoisotopic (exact) mass is 671 g/mol. The van der Waals surface area contributed by atoms with E-state index >= 15 is 13.2 Å². The summed E-state index contributed by atoms with van der Waals surface area (Å²) in [5.74, 6) is -2.24. The van der Waals surface area contributed by atoms with E-state index in [1.54, 1.807) is 57.2 Å². The maximum Gasteiger partial charge on any atom is 0.426 e. The molecule has 47 heavy (non-hydrogen) atoms. The van der Waals surface area contributed by atoms with Gasteiger partial charge in [-0.25, -0.2) is 9.78 Å². The smallest absolute Gasteiger partial charge is 0.426 e. The molecule has 1 atom stereocenters. The Morgan fingerprint density at radius 1 is 1.04 bits per heavy atom. The Labute approximate surface area is 267 Å².